The van der Waals surface area contributed by atoms with Gasteiger partial charge in [0.1, 0.15) is 11.6 Å². The Morgan fingerprint density at radius 3 is 2.17 bits per heavy atom. The van der Waals surface area contributed by atoms with E-state index in [0.717, 1.165) is 36.7 Å². The van der Waals surface area contributed by atoms with Crippen molar-refractivity contribution < 1.29 is 28.7 Å². The van der Waals surface area contributed by atoms with Gasteiger partial charge in [-0.25, -0.2) is 9.29 Å². The van der Waals surface area contributed by atoms with E-state index < -0.39 is 51.1 Å². The first-order valence-electron chi connectivity index (χ1n) is 18.1. The Balaban J connectivity index is 1.11. The highest BCUT2D eigenvalue weighted by atomic mass is 35.5. The number of rotatable bonds is 5. The quantitative estimate of drug-likeness (QED) is 0.135. The lowest BCUT2D eigenvalue weighted by Gasteiger charge is -2.51. The third kappa shape index (κ3) is 4.96. The van der Waals surface area contributed by atoms with Gasteiger partial charge in [-0.15, -0.1) is 23.2 Å². The van der Waals surface area contributed by atoms with E-state index in [4.69, 9.17) is 23.2 Å². The maximum Gasteiger partial charge on any atom is 0.258 e. The molecule has 4 amide bonds. The highest BCUT2D eigenvalue weighted by Gasteiger charge is 2.76. The van der Waals surface area contributed by atoms with E-state index in [1.165, 1.54) is 28.7 Å². The number of phenolic OH excluding ortho intramolecular Hbond substituents is 1. The third-order valence-corrected chi connectivity index (χ3v) is 13.8. The summed E-state index contributed by atoms with van der Waals surface area (Å²) in [6, 6.07) is 25.3. The first-order chi connectivity index (χ1) is 25.5. The number of alkyl halides is 2. The van der Waals surface area contributed by atoms with Gasteiger partial charge in [0, 0.05) is 37.0 Å². The number of phenols is 1. The van der Waals surface area contributed by atoms with Crippen molar-refractivity contribution in [2.24, 2.45) is 17.8 Å². The van der Waals surface area contributed by atoms with E-state index >= 15 is 0 Å². The average molecular weight is 753 g/mol. The van der Waals surface area contributed by atoms with Crippen LogP contribution in [0.1, 0.15) is 42.7 Å². The lowest BCUT2D eigenvalue weighted by Crippen LogP contribution is -2.60. The van der Waals surface area contributed by atoms with Gasteiger partial charge in [0.05, 0.1) is 17.5 Å². The van der Waals surface area contributed by atoms with Gasteiger partial charge in [-0.3, -0.25) is 29.0 Å². The summed E-state index contributed by atoms with van der Waals surface area (Å²) in [5, 5.41) is 12.0. The van der Waals surface area contributed by atoms with Gasteiger partial charge in [0.15, 0.2) is 9.75 Å². The second-order valence-corrected chi connectivity index (χ2v) is 16.3. The zero-order chi connectivity index (χ0) is 36.8. The first-order valence-corrected chi connectivity index (χ1v) is 18.8. The van der Waals surface area contributed by atoms with Crippen LogP contribution in [0.25, 0.3) is 10.8 Å². The number of benzene rings is 4. The molecule has 5 aliphatic rings. The summed E-state index contributed by atoms with van der Waals surface area (Å²) in [5.41, 5.74) is 2.57. The van der Waals surface area contributed by atoms with Gasteiger partial charge in [-0.2, -0.15) is 0 Å². The molecule has 2 aliphatic carbocycles. The number of piperidine rings is 1. The molecule has 3 aliphatic heterocycles. The smallest absolute Gasteiger partial charge is 0.258 e. The Hall–Kier alpha value is -4.57. The summed E-state index contributed by atoms with van der Waals surface area (Å²) in [7, 11) is 0. The van der Waals surface area contributed by atoms with E-state index in [9.17, 15) is 28.7 Å². The zero-order valence-corrected chi connectivity index (χ0v) is 30.1. The van der Waals surface area contributed by atoms with Crippen LogP contribution >= 0.6 is 23.2 Å². The molecule has 4 aromatic carbocycles. The minimum atomic E-state index is -2.06. The van der Waals surface area contributed by atoms with Crippen molar-refractivity contribution in [2.45, 2.75) is 53.9 Å². The fraction of sp³-hybridized carbons (Fsp3) is 0.333. The number of likely N-dealkylation sites (tertiary alicyclic amines) is 2. The average Bonchev–Trinajstić information content (AvgIpc) is 3.51. The number of carbonyl (C=O) groups is 4. The maximum absolute atomic E-state index is 14.8. The van der Waals surface area contributed by atoms with E-state index in [1.807, 2.05) is 30.3 Å². The Kier molecular flexibility index (Phi) is 8.07. The Morgan fingerprint density at radius 2 is 1.45 bits per heavy atom. The van der Waals surface area contributed by atoms with E-state index in [-0.39, 0.29) is 42.1 Å². The number of allylic oxidation sites excluding steroid dienone is 2. The molecule has 3 heterocycles. The first kappa shape index (κ1) is 34.2. The fourth-order valence-corrected chi connectivity index (χ4v) is 10.8. The van der Waals surface area contributed by atoms with Crippen molar-refractivity contribution in [1.82, 2.24) is 9.80 Å². The fourth-order valence-electron chi connectivity index (χ4n) is 9.86. The lowest BCUT2D eigenvalue weighted by atomic mass is 9.56. The molecule has 4 aromatic rings. The highest BCUT2D eigenvalue weighted by Crippen LogP contribution is 2.66. The molecule has 6 atom stereocenters. The summed E-state index contributed by atoms with van der Waals surface area (Å²) < 4.78 is 14.0. The summed E-state index contributed by atoms with van der Waals surface area (Å²) >= 11 is 15.2. The van der Waals surface area contributed by atoms with E-state index in [1.54, 1.807) is 24.3 Å². The topological polar surface area (TPSA) is 98.2 Å². The van der Waals surface area contributed by atoms with Gasteiger partial charge >= 0.3 is 0 Å². The normalized spacial score (nSPS) is 30.4. The van der Waals surface area contributed by atoms with Crippen LogP contribution < -0.4 is 4.90 Å². The molecular formula is C42H36Cl2FN3O5. The Labute approximate surface area is 315 Å². The van der Waals surface area contributed by atoms with Gasteiger partial charge < -0.3 is 5.11 Å². The second kappa shape index (κ2) is 12.5. The van der Waals surface area contributed by atoms with Crippen LogP contribution in [0.15, 0.2) is 103 Å². The number of hydrogen-bond donors (Lipinski definition) is 1. The van der Waals surface area contributed by atoms with Crippen molar-refractivity contribution in [1.29, 1.82) is 0 Å². The molecule has 0 radical (unpaired) electrons. The van der Waals surface area contributed by atoms with Crippen molar-refractivity contribution in [2.75, 3.05) is 18.0 Å². The largest absolute Gasteiger partial charge is 0.507 e. The monoisotopic (exact) mass is 751 g/mol. The van der Waals surface area contributed by atoms with Crippen molar-refractivity contribution in [3.63, 3.8) is 0 Å². The molecule has 3 saturated heterocycles. The number of aromatic hydroxyl groups is 1. The van der Waals surface area contributed by atoms with Crippen LogP contribution in [0.5, 0.6) is 5.75 Å². The van der Waals surface area contributed by atoms with Gasteiger partial charge in [0.2, 0.25) is 11.8 Å². The number of halogens is 3. The number of fused-ring (bicyclic) bond motifs is 5. The molecule has 11 heteroatoms. The molecule has 4 fully saturated rings. The number of nitrogens with zero attached hydrogens (tertiary/aromatic N) is 3. The Bertz CT molecular complexity index is 2220. The second-order valence-electron chi connectivity index (χ2n) is 15.0. The summed E-state index contributed by atoms with van der Waals surface area (Å²) in [6.07, 6.45) is 3.35. The SMILES string of the molecule is O=C1C2CC=C3C(CC4(Cl)C(=O)N(c5ccc(F)cc5)C(=O)C4(Cl)C3c3ccc(O)c4ccccc34)C2C(=O)N1C1CCN(Cc2ccccc2)CC1. The summed E-state index contributed by atoms with van der Waals surface area (Å²) in [6.45, 7) is 2.28. The van der Waals surface area contributed by atoms with Crippen LogP contribution in [0.4, 0.5) is 10.1 Å². The minimum absolute atomic E-state index is 0.0268. The zero-order valence-electron chi connectivity index (χ0n) is 28.6. The van der Waals surface area contributed by atoms with E-state index in [0.29, 0.717) is 34.8 Å². The number of amides is 4. The molecule has 8 nitrogen and oxygen atoms in total. The third-order valence-electron chi connectivity index (χ3n) is 12.3. The predicted molar refractivity (Wildman–Crippen MR) is 199 cm³/mol. The van der Waals surface area contributed by atoms with Gasteiger partial charge in [-0.05, 0) is 78.4 Å². The van der Waals surface area contributed by atoms with E-state index in [2.05, 4.69) is 17.0 Å². The molecule has 0 spiro atoms. The molecule has 6 unspecified atom stereocenters. The van der Waals surface area contributed by atoms with Crippen LogP contribution in [-0.2, 0) is 25.7 Å². The maximum atomic E-state index is 14.8. The van der Waals surface area contributed by atoms with Gasteiger partial charge in [0.25, 0.3) is 11.8 Å². The van der Waals surface area contributed by atoms with Gasteiger partial charge in [-0.1, -0.05) is 72.3 Å². The van der Waals surface area contributed by atoms with Crippen LogP contribution in [0.2, 0.25) is 0 Å². The standard InChI is InChI=1S/C42H36Cl2FN3O5/c43-41-22-33-31(14-15-32-35(33)38(51)47(37(32)50)27-18-20-46(21-19-27)23-24-6-2-1-3-7-24)36(30-16-17-34(49)29-9-5-4-8-28(29)30)42(41,44)40(53)48(39(41)52)26-12-10-25(45)11-13-26/h1-14,16-17,27,32-33,35-36,49H,15,18-23H2. The van der Waals surface area contributed by atoms with Crippen LogP contribution in [0, 0.1) is 23.6 Å². The molecule has 53 heavy (non-hydrogen) atoms. The number of imide groups is 2. The molecular weight excluding hydrogens is 716 g/mol. The summed E-state index contributed by atoms with van der Waals surface area (Å²) in [4.78, 5) is 58.9. The van der Waals surface area contributed by atoms with Crippen molar-refractivity contribution in [3.05, 3.63) is 120 Å². The number of anilines is 1. The summed E-state index contributed by atoms with van der Waals surface area (Å²) in [5.74, 6) is -5.65. The van der Waals surface area contributed by atoms with Crippen LogP contribution in [-0.4, -0.2) is 67.4 Å². The molecule has 0 bridgehead atoms. The molecule has 1 saturated carbocycles. The molecule has 9 rings (SSSR count). The van der Waals surface area contributed by atoms with Crippen LogP contribution in [0.3, 0.4) is 0 Å². The Morgan fingerprint density at radius 1 is 0.774 bits per heavy atom. The minimum Gasteiger partial charge on any atom is -0.507 e. The molecule has 270 valence electrons. The molecule has 0 aromatic heterocycles. The van der Waals surface area contributed by atoms with Crippen molar-refractivity contribution >= 4 is 63.3 Å². The molecule has 1 N–H and O–H groups in total. The lowest BCUT2D eigenvalue weighted by molar-refractivity contribution is -0.144. The highest BCUT2D eigenvalue weighted by molar-refractivity contribution is 6.58. The number of carbonyl (C=O) groups excluding carboxylic acids is 4. The number of hydrogen-bond acceptors (Lipinski definition) is 6. The van der Waals surface area contributed by atoms with Crippen molar-refractivity contribution in [3.8, 4) is 5.75 Å². The predicted octanol–water partition coefficient (Wildman–Crippen LogP) is 6.91.